The van der Waals surface area contributed by atoms with Crippen molar-refractivity contribution in [1.29, 1.82) is 0 Å². The molecule has 0 spiro atoms. The fraction of sp³-hybridized carbons (Fsp3) is 0.706. The topological polar surface area (TPSA) is 44.6 Å². The van der Waals surface area contributed by atoms with Crippen molar-refractivity contribution in [3.05, 3.63) is 24.5 Å². The molecule has 0 atom stereocenters. The monoisotopic (exact) mass is 305 g/mol. The summed E-state index contributed by atoms with van der Waals surface area (Å²) in [6.45, 7) is 8.92. The Balaban J connectivity index is 1.52. The maximum atomic E-state index is 4.27. The number of guanidine groups is 1. The Labute approximate surface area is 134 Å². The molecule has 2 N–H and O–H groups in total. The first-order valence-corrected chi connectivity index (χ1v) is 8.55. The third-order valence-electron chi connectivity index (χ3n) is 4.37. The predicted octanol–water partition coefficient (Wildman–Crippen LogP) is 1.78. The van der Waals surface area contributed by atoms with Gasteiger partial charge in [-0.05, 0) is 56.9 Å². The molecule has 2 rings (SSSR count). The number of rotatable bonds is 7. The summed E-state index contributed by atoms with van der Waals surface area (Å²) in [5.41, 5.74) is 0. The quantitative estimate of drug-likeness (QED) is 0.458. The van der Waals surface area contributed by atoms with Crippen LogP contribution in [0.3, 0.4) is 0 Å². The van der Waals surface area contributed by atoms with Gasteiger partial charge in [0.25, 0.3) is 0 Å². The lowest BCUT2D eigenvalue weighted by Crippen LogP contribution is -2.40. The van der Waals surface area contributed by atoms with Crippen LogP contribution in [0.2, 0.25) is 0 Å². The van der Waals surface area contributed by atoms with Gasteiger partial charge in [0.15, 0.2) is 5.96 Å². The molecule has 0 amide bonds. The number of aliphatic imine (C=N–C) groups is 1. The van der Waals surface area contributed by atoms with Crippen LogP contribution in [0.25, 0.3) is 0 Å². The van der Waals surface area contributed by atoms with Gasteiger partial charge in [0, 0.05) is 39.1 Å². The van der Waals surface area contributed by atoms with E-state index in [2.05, 4.69) is 56.5 Å². The first-order chi connectivity index (χ1) is 10.8. The molecule has 5 nitrogen and oxygen atoms in total. The van der Waals surface area contributed by atoms with Gasteiger partial charge in [-0.25, -0.2) is 0 Å². The minimum absolute atomic E-state index is 0.887. The van der Waals surface area contributed by atoms with E-state index >= 15 is 0 Å². The predicted molar refractivity (Wildman–Crippen MR) is 93.3 cm³/mol. The van der Waals surface area contributed by atoms with Crippen molar-refractivity contribution in [2.75, 3.05) is 39.8 Å². The molecular formula is C17H31N5. The Morgan fingerprint density at radius 1 is 1.09 bits per heavy atom. The summed E-state index contributed by atoms with van der Waals surface area (Å²) in [6, 6.07) is 4.10. The van der Waals surface area contributed by atoms with E-state index in [1.54, 1.807) is 0 Å². The summed E-state index contributed by atoms with van der Waals surface area (Å²) in [5, 5.41) is 6.76. The molecule has 5 heteroatoms. The second kappa shape index (κ2) is 9.51. The highest BCUT2D eigenvalue weighted by molar-refractivity contribution is 5.79. The van der Waals surface area contributed by atoms with Gasteiger partial charge in [-0.3, -0.25) is 4.99 Å². The number of hydrogen-bond acceptors (Lipinski definition) is 2. The molecule has 1 aromatic heterocycles. The van der Waals surface area contributed by atoms with Crippen LogP contribution in [0.15, 0.2) is 29.5 Å². The normalized spacial score (nSPS) is 17.6. The molecule has 0 saturated carbocycles. The minimum Gasteiger partial charge on any atom is -0.356 e. The first-order valence-electron chi connectivity index (χ1n) is 8.55. The van der Waals surface area contributed by atoms with E-state index in [1.165, 1.54) is 38.9 Å². The van der Waals surface area contributed by atoms with Crippen molar-refractivity contribution in [2.24, 2.45) is 10.9 Å². The standard InChI is InChI=1S/C17H31N5/c1-16-6-13-22(14-7-16)12-5-8-19-17(18-2)20-9-15-21-10-3-4-11-21/h3-4,10-11,16H,5-9,12-15H2,1-2H3,(H2,18,19,20). The molecular weight excluding hydrogens is 274 g/mol. The smallest absolute Gasteiger partial charge is 0.191 e. The van der Waals surface area contributed by atoms with Crippen molar-refractivity contribution in [1.82, 2.24) is 20.1 Å². The fourth-order valence-corrected chi connectivity index (χ4v) is 2.84. The second-order valence-electron chi connectivity index (χ2n) is 6.22. The minimum atomic E-state index is 0.887. The number of aromatic nitrogens is 1. The molecule has 2 heterocycles. The first kappa shape index (κ1) is 16.9. The van der Waals surface area contributed by atoms with Gasteiger partial charge in [-0.15, -0.1) is 0 Å². The Bertz CT molecular complexity index is 418. The molecule has 0 aromatic carbocycles. The summed E-state index contributed by atoms with van der Waals surface area (Å²) < 4.78 is 2.16. The molecule has 0 unspecified atom stereocenters. The second-order valence-corrected chi connectivity index (χ2v) is 6.22. The van der Waals surface area contributed by atoms with E-state index in [0.29, 0.717) is 0 Å². The van der Waals surface area contributed by atoms with Crippen molar-refractivity contribution in [3.8, 4) is 0 Å². The van der Waals surface area contributed by atoms with Gasteiger partial charge in [0.05, 0.1) is 0 Å². The highest BCUT2D eigenvalue weighted by atomic mass is 15.2. The lowest BCUT2D eigenvalue weighted by atomic mass is 9.99. The highest BCUT2D eigenvalue weighted by Crippen LogP contribution is 2.15. The Morgan fingerprint density at radius 2 is 1.77 bits per heavy atom. The zero-order valence-electron chi connectivity index (χ0n) is 14.1. The summed E-state index contributed by atoms with van der Waals surface area (Å²) in [6.07, 6.45) is 8.05. The van der Waals surface area contributed by atoms with Gasteiger partial charge in [0.1, 0.15) is 0 Å². The summed E-state index contributed by atoms with van der Waals surface area (Å²) >= 11 is 0. The number of nitrogens with zero attached hydrogens (tertiary/aromatic N) is 3. The number of nitrogens with one attached hydrogen (secondary N) is 2. The molecule has 22 heavy (non-hydrogen) atoms. The molecule has 0 radical (unpaired) electrons. The highest BCUT2D eigenvalue weighted by Gasteiger charge is 2.14. The van der Waals surface area contributed by atoms with Crippen LogP contribution in [0.1, 0.15) is 26.2 Å². The molecule has 124 valence electrons. The molecule has 0 bridgehead atoms. The van der Waals surface area contributed by atoms with Crippen LogP contribution in [0, 0.1) is 5.92 Å². The molecule has 1 saturated heterocycles. The molecule has 1 fully saturated rings. The van der Waals surface area contributed by atoms with Crippen LogP contribution in [-0.2, 0) is 6.54 Å². The van der Waals surface area contributed by atoms with E-state index < -0.39 is 0 Å². The SMILES string of the molecule is CN=C(NCCCN1CCC(C)CC1)NCCn1cccc1. The molecule has 1 aliphatic rings. The van der Waals surface area contributed by atoms with E-state index in [-0.39, 0.29) is 0 Å². The number of likely N-dealkylation sites (tertiary alicyclic amines) is 1. The van der Waals surface area contributed by atoms with Gasteiger partial charge in [-0.1, -0.05) is 6.92 Å². The van der Waals surface area contributed by atoms with E-state index in [4.69, 9.17) is 0 Å². The lowest BCUT2D eigenvalue weighted by Gasteiger charge is -2.30. The summed E-state index contributed by atoms with van der Waals surface area (Å²) in [7, 11) is 1.83. The summed E-state index contributed by atoms with van der Waals surface area (Å²) in [4.78, 5) is 6.86. The van der Waals surface area contributed by atoms with Gasteiger partial charge < -0.3 is 20.1 Å². The van der Waals surface area contributed by atoms with Crippen molar-refractivity contribution in [2.45, 2.75) is 32.7 Å². The summed E-state index contributed by atoms with van der Waals surface area (Å²) in [5.74, 6) is 1.82. The fourth-order valence-electron chi connectivity index (χ4n) is 2.84. The van der Waals surface area contributed by atoms with Gasteiger partial charge in [-0.2, -0.15) is 0 Å². The van der Waals surface area contributed by atoms with Gasteiger partial charge >= 0.3 is 0 Å². The van der Waals surface area contributed by atoms with Crippen LogP contribution in [-0.4, -0.2) is 55.2 Å². The molecule has 1 aromatic rings. The zero-order valence-corrected chi connectivity index (χ0v) is 14.1. The maximum absolute atomic E-state index is 4.27. The van der Waals surface area contributed by atoms with Gasteiger partial charge in [0.2, 0.25) is 0 Å². The Morgan fingerprint density at radius 3 is 2.45 bits per heavy atom. The van der Waals surface area contributed by atoms with E-state index in [0.717, 1.165) is 31.5 Å². The third-order valence-corrected chi connectivity index (χ3v) is 4.37. The Kier molecular flexibility index (Phi) is 7.30. The lowest BCUT2D eigenvalue weighted by molar-refractivity contribution is 0.191. The molecule has 0 aliphatic carbocycles. The molecule has 1 aliphatic heterocycles. The zero-order chi connectivity index (χ0) is 15.6. The number of piperidine rings is 1. The van der Waals surface area contributed by atoms with Crippen LogP contribution < -0.4 is 10.6 Å². The average molecular weight is 305 g/mol. The average Bonchev–Trinajstić information content (AvgIpc) is 3.04. The van der Waals surface area contributed by atoms with Crippen LogP contribution in [0.5, 0.6) is 0 Å². The largest absolute Gasteiger partial charge is 0.356 e. The van der Waals surface area contributed by atoms with Crippen molar-refractivity contribution in [3.63, 3.8) is 0 Å². The third kappa shape index (κ3) is 6.10. The number of hydrogen-bond donors (Lipinski definition) is 2. The van der Waals surface area contributed by atoms with Crippen LogP contribution in [0.4, 0.5) is 0 Å². The van der Waals surface area contributed by atoms with Crippen molar-refractivity contribution < 1.29 is 0 Å². The van der Waals surface area contributed by atoms with E-state index in [9.17, 15) is 0 Å². The Hall–Kier alpha value is -1.49. The maximum Gasteiger partial charge on any atom is 0.191 e. The van der Waals surface area contributed by atoms with E-state index in [1.807, 2.05) is 7.05 Å². The van der Waals surface area contributed by atoms with Crippen LogP contribution >= 0.6 is 0 Å². The van der Waals surface area contributed by atoms with Crippen molar-refractivity contribution >= 4 is 5.96 Å².